The SMILES string of the molecule is COC(=O)Cc1ccc(O)cc1.COC(=O)Cc1ccc(OC[C@H](Cc2ccccc2)Oc2ccc(C(O)(C(F)(F)F)C(F)(F)F)cc2)cc1. The van der Waals surface area contributed by atoms with Gasteiger partial charge in [-0.15, -0.1) is 0 Å². The summed E-state index contributed by atoms with van der Waals surface area (Å²) in [6, 6.07) is 25.1. The molecule has 2 N–H and O–H groups in total. The number of alkyl halides is 6. The van der Waals surface area contributed by atoms with Crippen molar-refractivity contribution in [2.75, 3.05) is 20.8 Å². The summed E-state index contributed by atoms with van der Waals surface area (Å²) in [4.78, 5) is 22.2. The van der Waals surface area contributed by atoms with Gasteiger partial charge in [-0.25, -0.2) is 0 Å². The molecule has 0 aliphatic carbocycles. The van der Waals surface area contributed by atoms with Crippen molar-refractivity contribution >= 4 is 11.9 Å². The number of rotatable bonds is 12. The summed E-state index contributed by atoms with van der Waals surface area (Å²) in [5, 5.41) is 18.5. The van der Waals surface area contributed by atoms with Crippen LogP contribution in [0.3, 0.4) is 0 Å². The summed E-state index contributed by atoms with van der Waals surface area (Å²) in [6.07, 6.45) is -12.0. The molecule has 0 spiro atoms. The van der Waals surface area contributed by atoms with Gasteiger partial charge in [0.25, 0.3) is 5.60 Å². The monoisotopic (exact) mass is 708 g/mol. The Morgan fingerprint density at radius 1 is 0.640 bits per heavy atom. The number of aliphatic hydroxyl groups is 1. The lowest BCUT2D eigenvalue weighted by molar-refractivity contribution is -0.376. The van der Waals surface area contributed by atoms with Crippen molar-refractivity contribution in [3.8, 4) is 17.2 Å². The van der Waals surface area contributed by atoms with Gasteiger partial charge in [0.15, 0.2) is 0 Å². The predicted octanol–water partition coefficient (Wildman–Crippen LogP) is 6.89. The number of methoxy groups -OCH3 is 2. The lowest BCUT2D eigenvalue weighted by Gasteiger charge is -2.32. The van der Waals surface area contributed by atoms with E-state index in [2.05, 4.69) is 9.47 Å². The molecule has 0 aromatic heterocycles. The number of aromatic hydroxyl groups is 1. The van der Waals surface area contributed by atoms with Gasteiger partial charge in [0.2, 0.25) is 0 Å². The quantitative estimate of drug-likeness (QED) is 0.121. The fraction of sp³-hybridized carbons (Fsp3) is 0.278. The van der Waals surface area contributed by atoms with Crippen LogP contribution in [-0.2, 0) is 43.9 Å². The zero-order valence-corrected chi connectivity index (χ0v) is 26.8. The van der Waals surface area contributed by atoms with Crippen LogP contribution in [0, 0.1) is 0 Å². The van der Waals surface area contributed by atoms with Crippen molar-refractivity contribution in [2.24, 2.45) is 0 Å². The van der Waals surface area contributed by atoms with Gasteiger partial charge >= 0.3 is 24.3 Å². The Morgan fingerprint density at radius 2 is 1.10 bits per heavy atom. The van der Waals surface area contributed by atoms with Crippen LogP contribution in [0.2, 0.25) is 0 Å². The highest BCUT2D eigenvalue weighted by atomic mass is 19.4. The first kappa shape index (κ1) is 39.2. The Labute approximate surface area is 283 Å². The molecule has 0 aliphatic rings. The van der Waals surface area contributed by atoms with E-state index in [-0.39, 0.29) is 36.9 Å². The van der Waals surface area contributed by atoms with Crippen molar-refractivity contribution in [1.82, 2.24) is 0 Å². The third kappa shape index (κ3) is 11.2. The number of carbonyl (C=O) groups excluding carboxylic acids is 2. The van der Waals surface area contributed by atoms with Crippen molar-refractivity contribution < 1.29 is 65.1 Å². The molecule has 4 aromatic carbocycles. The summed E-state index contributed by atoms with van der Waals surface area (Å²) in [6.45, 7) is -0.0119. The molecule has 1 atom stereocenters. The van der Waals surface area contributed by atoms with Crippen LogP contribution in [0.4, 0.5) is 26.3 Å². The minimum Gasteiger partial charge on any atom is -0.508 e. The first-order valence-corrected chi connectivity index (χ1v) is 14.9. The smallest absolute Gasteiger partial charge is 0.430 e. The molecule has 0 radical (unpaired) electrons. The average molecular weight is 709 g/mol. The highest BCUT2D eigenvalue weighted by molar-refractivity contribution is 5.72. The number of halogens is 6. The Balaban J connectivity index is 0.000000474. The molecule has 0 bridgehead atoms. The van der Waals surface area contributed by atoms with Crippen molar-refractivity contribution in [1.29, 1.82) is 0 Å². The van der Waals surface area contributed by atoms with Crippen molar-refractivity contribution in [3.05, 3.63) is 125 Å². The Morgan fingerprint density at radius 3 is 1.56 bits per heavy atom. The average Bonchev–Trinajstić information content (AvgIpc) is 3.08. The molecule has 14 heteroatoms. The molecule has 50 heavy (non-hydrogen) atoms. The second-order valence-corrected chi connectivity index (χ2v) is 10.8. The number of benzene rings is 4. The van der Waals surface area contributed by atoms with Gasteiger partial charge in [0.1, 0.15) is 30.0 Å². The maximum atomic E-state index is 13.2. The van der Waals surface area contributed by atoms with E-state index in [1.165, 1.54) is 26.4 Å². The van der Waals surface area contributed by atoms with E-state index in [0.29, 0.717) is 29.9 Å². The van der Waals surface area contributed by atoms with Gasteiger partial charge < -0.3 is 29.2 Å². The van der Waals surface area contributed by atoms with E-state index in [9.17, 15) is 41.0 Å². The third-order valence-corrected chi connectivity index (χ3v) is 7.15. The molecule has 0 saturated heterocycles. The number of hydrogen-bond acceptors (Lipinski definition) is 8. The number of phenolic OH excluding ortho intramolecular Hbond substituents is 1. The standard InChI is InChI=1S/C27H24F6O5.C9H10O3/c1-36-24(34)16-19-7-11-21(12-8-19)37-17-23(15-18-5-3-2-4-6-18)38-22-13-9-20(10-14-22)25(35,26(28,29)30)27(31,32)33;1-12-9(11)6-7-2-4-8(10)5-3-7/h2-14,23,35H,15-17H2,1H3;2-5,10H,6H2,1H3/t23-;/m0./s1. The van der Waals surface area contributed by atoms with E-state index in [0.717, 1.165) is 23.3 Å². The van der Waals surface area contributed by atoms with Gasteiger partial charge in [0.05, 0.1) is 27.1 Å². The van der Waals surface area contributed by atoms with Gasteiger partial charge in [-0.05, 0) is 53.1 Å². The fourth-order valence-electron chi connectivity index (χ4n) is 4.45. The normalized spacial score (nSPS) is 12.2. The number of ether oxygens (including phenoxy) is 4. The van der Waals surface area contributed by atoms with Crippen LogP contribution in [0.1, 0.15) is 22.3 Å². The number of esters is 2. The van der Waals surface area contributed by atoms with Crippen LogP contribution in [0.25, 0.3) is 0 Å². The summed E-state index contributed by atoms with van der Waals surface area (Å²) in [5.74, 6) is -0.0383. The lowest BCUT2D eigenvalue weighted by Crippen LogP contribution is -2.53. The zero-order valence-electron chi connectivity index (χ0n) is 26.8. The Hall–Kier alpha value is -5.24. The Kier molecular flexibility index (Phi) is 13.7. The molecule has 4 rings (SSSR count). The van der Waals surface area contributed by atoms with Gasteiger partial charge in [-0.3, -0.25) is 9.59 Å². The second kappa shape index (κ2) is 17.4. The summed E-state index contributed by atoms with van der Waals surface area (Å²) in [5.41, 5.74) is -4.01. The molecule has 0 amide bonds. The van der Waals surface area contributed by atoms with Crippen LogP contribution in [0.15, 0.2) is 103 Å². The molecule has 0 unspecified atom stereocenters. The zero-order chi connectivity index (χ0) is 37.0. The van der Waals surface area contributed by atoms with E-state index in [1.807, 2.05) is 18.2 Å². The number of carbonyl (C=O) groups is 2. The van der Waals surface area contributed by atoms with Crippen LogP contribution in [-0.4, -0.2) is 61.4 Å². The van der Waals surface area contributed by atoms with E-state index in [1.54, 1.807) is 48.5 Å². The highest BCUT2D eigenvalue weighted by Crippen LogP contribution is 2.50. The molecule has 4 aromatic rings. The van der Waals surface area contributed by atoms with E-state index in [4.69, 9.17) is 14.6 Å². The number of phenols is 1. The van der Waals surface area contributed by atoms with Gasteiger partial charge in [-0.1, -0.05) is 66.7 Å². The van der Waals surface area contributed by atoms with Crippen molar-refractivity contribution in [2.45, 2.75) is 43.3 Å². The highest BCUT2D eigenvalue weighted by Gasteiger charge is 2.71. The summed E-state index contributed by atoms with van der Waals surface area (Å²) < 4.78 is 99.7. The first-order chi connectivity index (χ1) is 23.5. The lowest BCUT2D eigenvalue weighted by atomic mass is 9.92. The van der Waals surface area contributed by atoms with Gasteiger partial charge in [0, 0.05) is 12.0 Å². The summed E-state index contributed by atoms with van der Waals surface area (Å²) in [7, 11) is 2.63. The molecule has 0 aliphatic heterocycles. The minimum absolute atomic E-state index is 0.0119. The van der Waals surface area contributed by atoms with Gasteiger partial charge in [-0.2, -0.15) is 26.3 Å². The Bertz CT molecular complexity index is 1630. The van der Waals surface area contributed by atoms with E-state index < -0.39 is 35.6 Å². The van der Waals surface area contributed by atoms with Crippen LogP contribution >= 0.6 is 0 Å². The minimum atomic E-state index is -5.98. The maximum Gasteiger partial charge on any atom is 0.430 e. The largest absolute Gasteiger partial charge is 0.508 e. The van der Waals surface area contributed by atoms with Crippen LogP contribution < -0.4 is 9.47 Å². The maximum absolute atomic E-state index is 13.2. The molecular weight excluding hydrogens is 674 g/mol. The molecule has 0 fully saturated rings. The second-order valence-electron chi connectivity index (χ2n) is 10.8. The third-order valence-electron chi connectivity index (χ3n) is 7.15. The summed E-state index contributed by atoms with van der Waals surface area (Å²) >= 11 is 0. The molecular formula is C36H34F6O8. The fourth-order valence-corrected chi connectivity index (χ4v) is 4.45. The van der Waals surface area contributed by atoms with E-state index >= 15 is 0 Å². The molecule has 8 nitrogen and oxygen atoms in total. The molecule has 268 valence electrons. The predicted molar refractivity (Wildman–Crippen MR) is 168 cm³/mol. The van der Waals surface area contributed by atoms with Crippen molar-refractivity contribution in [3.63, 3.8) is 0 Å². The van der Waals surface area contributed by atoms with Crippen LogP contribution in [0.5, 0.6) is 17.2 Å². The first-order valence-electron chi connectivity index (χ1n) is 14.9. The molecule has 0 saturated carbocycles. The number of hydrogen-bond donors (Lipinski definition) is 2. The topological polar surface area (TPSA) is 112 Å². The molecule has 0 heterocycles.